The van der Waals surface area contributed by atoms with Gasteiger partial charge in [-0.2, -0.15) is 0 Å². The largest absolute Gasteiger partial charge is 0.464 e. The van der Waals surface area contributed by atoms with E-state index in [9.17, 15) is 4.79 Å². The maximum Gasteiger partial charge on any atom is 0.356 e. The van der Waals surface area contributed by atoms with Crippen molar-refractivity contribution in [2.45, 2.75) is 18.8 Å². The summed E-state index contributed by atoms with van der Waals surface area (Å²) >= 11 is 5.76. The van der Waals surface area contributed by atoms with E-state index < -0.39 is 5.97 Å². The summed E-state index contributed by atoms with van der Waals surface area (Å²) < 4.78 is 4.56. The second kappa shape index (κ2) is 3.53. The fraction of sp³-hybridized carbons (Fsp3) is 0.444. The summed E-state index contributed by atoms with van der Waals surface area (Å²) in [6, 6.07) is 1.42. The number of hydrogen-bond acceptors (Lipinski definition) is 4. The lowest BCUT2D eigenvalue weighted by Gasteiger charge is -2.01. The molecule has 0 aliphatic heterocycles. The smallest absolute Gasteiger partial charge is 0.356 e. The molecular formula is C9H9ClN2O2. The van der Waals surface area contributed by atoms with Crippen LogP contribution in [0.4, 0.5) is 0 Å². The van der Waals surface area contributed by atoms with E-state index in [1.165, 1.54) is 13.2 Å². The number of rotatable bonds is 2. The molecule has 1 aliphatic rings. The van der Waals surface area contributed by atoms with Crippen LogP contribution in [0.2, 0.25) is 5.15 Å². The Kier molecular flexibility index (Phi) is 2.37. The van der Waals surface area contributed by atoms with E-state index >= 15 is 0 Å². The number of carbonyl (C=O) groups excluding carboxylic acids is 1. The summed E-state index contributed by atoms with van der Waals surface area (Å²) in [4.78, 5) is 19.3. The van der Waals surface area contributed by atoms with Crippen molar-refractivity contribution in [3.05, 3.63) is 22.7 Å². The standard InChI is InChI=1S/C9H9ClN2O2/c1-14-9(13)6-4-7(10)12-8(11-6)5-2-3-5/h4-5H,2-3H2,1H3. The van der Waals surface area contributed by atoms with Gasteiger partial charge in [-0.1, -0.05) is 11.6 Å². The number of esters is 1. The van der Waals surface area contributed by atoms with Crippen LogP contribution in [-0.2, 0) is 4.74 Å². The lowest BCUT2D eigenvalue weighted by atomic mass is 10.3. The van der Waals surface area contributed by atoms with Crippen molar-refractivity contribution in [1.82, 2.24) is 9.97 Å². The zero-order valence-electron chi connectivity index (χ0n) is 7.66. The van der Waals surface area contributed by atoms with Crippen LogP contribution >= 0.6 is 11.6 Å². The fourth-order valence-electron chi connectivity index (χ4n) is 1.17. The second-order valence-corrected chi connectivity index (χ2v) is 3.59. The Hall–Kier alpha value is -1.16. The maximum absolute atomic E-state index is 11.2. The van der Waals surface area contributed by atoms with Gasteiger partial charge in [-0.05, 0) is 12.8 Å². The zero-order chi connectivity index (χ0) is 10.1. The van der Waals surface area contributed by atoms with E-state index in [2.05, 4.69) is 14.7 Å². The SMILES string of the molecule is COC(=O)c1cc(Cl)nc(C2CC2)n1. The van der Waals surface area contributed by atoms with Gasteiger partial charge in [0, 0.05) is 12.0 Å². The topological polar surface area (TPSA) is 52.1 Å². The average Bonchev–Trinajstić information content (AvgIpc) is 2.98. The zero-order valence-corrected chi connectivity index (χ0v) is 8.41. The van der Waals surface area contributed by atoms with Crippen molar-refractivity contribution in [2.24, 2.45) is 0 Å². The first kappa shape index (κ1) is 9.40. The molecule has 14 heavy (non-hydrogen) atoms. The molecule has 0 saturated heterocycles. The molecule has 4 nitrogen and oxygen atoms in total. The van der Waals surface area contributed by atoms with Gasteiger partial charge < -0.3 is 4.74 Å². The van der Waals surface area contributed by atoms with Crippen LogP contribution in [0.1, 0.15) is 35.1 Å². The lowest BCUT2D eigenvalue weighted by molar-refractivity contribution is 0.0593. The number of ether oxygens (including phenoxy) is 1. The van der Waals surface area contributed by atoms with Crippen LogP contribution in [0.25, 0.3) is 0 Å². The van der Waals surface area contributed by atoms with Crippen molar-refractivity contribution in [1.29, 1.82) is 0 Å². The summed E-state index contributed by atoms with van der Waals surface area (Å²) in [5, 5.41) is 0.294. The van der Waals surface area contributed by atoms with Crippen LogP contribution in [0.5, 0.6) is 0 Å². The van der Waals surface area contributed by atoms with E-state index in [1.807, 2.05) is 0 Å². The molecule has 2 rings (SSSR count). The minimum atomic E-state index is -0.476. The molecule has 1 heterocycles. The molecule has 0 bridgehead atoms. The van der Waals surface area contributed by atoms with Crippen molar-refractivity contribution >= 4 is 17.6 Å². The maximum atomic E-state index is 11.2. The quantitative estimate of drug-likeness (QED) is 0.554. The molecule has 1 fully saturated rings. The highest BCUT2D eigenvalue weighted by Gasteiger charge is 2.28. The van der Waals surface area contributed by atoms with E-state index in [4.69, 9.17) is 11.6 Å². The van der Waals surface area contributed by atoms with E-state index in [0.717, 1.165) is 12.8 Å². The molecule has 1 aliphatic carbocycles. The molecule has 0 spiro atoms. The monoisotopic (exact) mass is 212 g/mol. The van der Waals surface area contributed by atoms with Gasteiger partial charge in [0.25, 0.3) is 0 Å². The Balaban J connectivity index is 2.35. The van der Waals surface area contributed by atoms with Gasteiger partial charge >= 0.3 is 5.97 Å². The van der Waals surface area contributed by atoms with E-state index in [1.54, 1.807) is 0 Å². The third-order valence-corrected chi connectivity index (χ3v) is 2.24. The first-order valence-corrected chi connectivity index (χ1v) is 4.71. The minimum absolute atomic E-state index is 0.231. The highest BCUT2D eigenvalue weighted by molar-refractivity contribution is 6.29. The Bertz CT molecular complexity index is 377. The molecule has 0 atom stereocenters. The van der Waals surface area contributed by atoms with Crippen molar-refractivity contribution in [3.8, 4) is 0 Å². The summed E-state index contributed by atoms with van der Waals surface area (Å²) in [5.74, 6) is 0.547. The van der Waals surface area contributed by atoms with Crippen molar-refractivity contribution < 1.29 is 9.53 Å². The molecule has 1 aromatic heterocycles. The van der Waals surface area contributed by atoms with Gasteiger partial charge in [-0.3, -0.25) is 0 Å². The van der Waals surface area contributed by atoms with Crippen molar-refractivity contribution in [2.75, 3.05) is 7.11 Å². The summed E-state index contributed by atoms with van der Waals surface area (Å²) in [7, 11) is 1.31. The molecule has 0 unspecified atom stereocenters. The summed E-state index contributed by atoms with van der Waals surface area (Å²) in [6.07, 6.45) is 2.14. The molecule has 1 saturated carbocycles. The first-order valence-electron chi connectivity index (χ1n) is 4.33. The van der Waals surface area contributed by atoms with Crippen LogP contribution in [0, 0.1) is 0 Å². The molecule has 1 aromatic rings. The predicted octanol–water partition coefficient (Wildman–Crippen LogP) is 1.79. The lowest BCUT2D eigenvalue weighted by Crippen LogP contribution is -2.07. The van der Waals surface area contributed by atoms with E-state index in [0.29, 0.717) is 16.9 Å². The highest BCUT2D eigenvalue weighted by atomic mass is 35.5. The summed E-state index contributed by atoms with van der Waals surface area (Å²) in [6.45, 7) is 0. The molecular weight excluding hydrogens is 204 g/mol. The number of carbonyl (C=O) groups is 1. The Morgan fingerprint density at radius 2 is 2.29 bits per heavy atom. The van der Waals surface area contributed by atoms with Crippen molar-refractivity contribution in [3.63, 3.8) is 0 Å². The molecule has 5 heteroatoms. The number of hydrogen-bond donors (Lipinski definition) is 0. The molecule has 0 N–H and O–H groups in total. The normalized spacial score (nSPS) is 15.3. The molecule has 74 valence electrons. The molecule has 0 aromatic carbocycles. The van der Waals surface area contributed by atoms with Crippen LogP contribution in [0.15, 0.2) is 6.07 Å². The van der Waals surface area contributed by atoms with Gasteiger partial charge in [0.1, 0.15) is 11.0 Å². The van der Waals surface area contributed by atoms with Gasteiger partial charge in [0.15, 0.2) is 5.69 Å². The average molecular weight is 213 g/mol. The predicted molar refractivity (Wildman–Crippen MR) is 50.4 cm³/mol. The number of halogens is 1. The summed E-state index contributed by atoms with van der Waals surface area (Å²) in [5.41, 5.74) is 0.231. The Morgan fingerprint density at radius 1 is 1.57 bits per heavy atom. The van der Waals surface area contributed by atoms with Gasteiger partial charge in [0.05, 0.1) is 7.11 Å². The third-order valence-electron chi connectivity index (χ3n) is 2.05. The number of aromatic nitrogens is 2. The van der Waals surface area contributed by atoms with Gasteiger partial charge in [-0.25, -0.2) is 14.8 Å². The number of nitrogens with zero attached hydrogens (tertiary/aromatic N) is 2. The number of methoxy groups -OCH3 is 1. The van der Waals surface area contributed by atoms with Crippen LogP contribution in [0.3, 0.4) is 0 Å². The minimum Gasteiger partial charge on any atom is -0.464 e. The molecule has 0 radical (unpaired) electrons. The first-order chi connectivity index (χ1) is 6.70. The van der Waals surface area contributed by atoms with Crippen LogP contribution < -0.4 is 0 Å². The fourth-order valence-corrected chi connectivity index (χ4v) is 1.36. The van der Waals surface area contributed by atoms with Gasteiger partial charge in [0.2, 0.25) is 0 Å². The van der Waals surface area contributed by atoms with Crippen LogP contribution in [-0.4, -0.2) is 23.0 Å². The molecule has 0 amide bonds. The van der Waals surface area contributed by atoms with E-state index in [-0.39, 0.29) is 5.69 Å². The highest BCUT2D eigenvalue weighted by Crippen LogP contribution is 2.38. The Labute approximate surface area is 86.3 Å². The second-order valence-electron chi connectivity index (χ2n) is 3.20. The third kappa shape index (κ3) is 1.85. The Morgan fingerprint density at radius 3 is 2.86 bits per heavy atom. The van der Waals surface area contributed by atoms with Gasteiger partial charge in [-0.15, -0.1) is 0 Å².